The third-order valence-electron chi connectivity index (χ3n) is 3.28. The van der Waals surface area contributed by atoms with Crippen molar-refractivity contribution in [1.82, 2.24) is 5.32 Å². The molecule has 2 atom stereocenters. The number of likely N-dealkylation sites (N-methyl/N-ethyl adjacent to an activating group) is 1. The second-order valence-electron chi connectivity index (χ2n) is 5.24. The molecule has 2 heteroatoms. The van der Waals surface area contributed by atoms with Crippen LogP contribution in [-0.4, -0.2) is 25.8 Å². The van der Waals surface area contributed by atoms with E-state index in [1.165, 1.54) is 16.7 Å². The van der Waals surface area contributed by atoms with Gasteiger partial charge in [0.1, 0.15) is 0 Å². The summed E-state index contributed by atoms with van der Waals surface area (Å²) in [6, 6.07) is 7.29. The topological polar surface area (TPSA) is 21.3 Å². The van der Waals surface area contributed by atoms with Crippen molar-refractivity contribution in [2.45, 2.75) is 52.7 Å². The molecule has 0 aliphatic heterocycles. The summed E-state index contributed by atoms with van der Waals surface area (Å²) in [6.07, 6.45) is 2.43. The van der Waals surface area contributed by atoms with Gasteiger partial charge in [0.25, 0.3) is 0 Å². The number of methoxy groups -OCH3 is 1. The minimum Gasteiger partial charge on any atom is -0.382 e. The van der Waals surface area contributed by atoms with Gasteiger partial charge in [-0.25, -0.2) is 0 Å². The predicted molar refractivity (Wildman–Crippen MR) is 78.2 cm³/mol. The third kappa shape index (κ3) is 5.19. The summed E-state index contributed by atoms with van der Waals surface area (Å²) in [5.41, 5.74) is 4.11. The molecule has 1 aromatic rings. The predicted octanol–water partition coefficient (Wildman–Crippen LogP) is 3.25. The fraction of sp³-hybridized carbons (Fsp3) is 0.625. The fourth-order valence-electron chi connectivity index (χ4n) is 2.50. The van der Waals surface area contributed by atoms with Gasteiger partial charge in [0.05, 0.1) is 6.10 Å². The molecule has 0 radical (unpaired) electrons. The molecule has 18 heavy (non-hydrogen) atoms. The Morgan fingerprint density at radius 3 is 2.28 bits per heavy atom. The van der Waals surface area contributed by atoms with Crippen LogP contribution in [0.15, 0.2) is 18.2 Å². The Morgan fingerprint density at radius 1 is 1.17 bits per heavy atom. The number of hydrogen-bond acceptors (Lipinski definition) is 2. The van der Waals surface area contributed by atoms with Crippen molar-refractivity contribution in [3.05, 3.63) is 34.9 Å². The van der Waals surface area contributed by atoms with Gasteiger partial charge >= 0.3 is 0 Å². The molecule has 0 saturated heterocycles. The van der Waals surface area contributed by atoms with E-state index >= 15 is 0 Å². The second-order valence-corrected chi connectivity index (χ2v) is 5.24. The summed E-state index contributed by atoms with van der Waals surface area (Å²) in [6.45, 7) is 9.62. The number of ether oxygens (including phenoxy) is 1. The summed E-state index contributed by atoms with van der Waals surface area (Å²) in [5, 5.41) is 3.56. The lowest BCUT2D eigenvalue weighted by atomic mass is 9.98. The number of aryl methyl sites for hydroxylation is 2. The fourth-order valence-corrected chi connectivity index (χ4v) is 2.50. The van der Waals surface area contributed by atoms with E-state index in [4.69, 9.17) is 4.74 Å². The highest BCUT2D eigenvalue weighted by Gasteiger charge is 2.13. The van der Waals surface area contributed by atoms with E-state index in [0.717, 1.165) is 19.4 Å². The molecule has 0 spiro atoms. The highest BCUT2D eigenvalue weighted by molar-refractivity contribution is 5.29. The number of rotatable bonds is 7. The van der Waals surface area contributed by atoms with Gasteiger partial charge in [-0.2, -0.15) is 0 Å². The number of hydrogen-bond donors (Lipinski definition) is 1. The normalized spacial score (nSPS) is 14.5. The van der Waals surface area contributed by atoms with Gasteiger partial charge in [-0.05, 0) is 45.7 Å². The highest BCUT2D eigenvalue weighted by atomic mass is 16.5. The first-order valence-electron chi connectivity index (χ1n) is 6.88. The Bertz CT molecular complexity index is 342. The van der Waals surface area contributed by atoms with Crippen molar-refractivity contribution in [3.63, 3.8) is 0 Å². The van der Waals surface area contributed by atoms with Crippen LogP contribution in [0.2, 0.25) is 0 Å². The lowest BCUT2D eigenvalue weighted by molar-refractivity contribution is 0.101. The minimum atomic E-state index is 0.306. The van der Waals surface area contributed by atoms with Crippen molar-refractivity contribution < 1.29 is 4.74 Å². The molecule has 1 rings (SSSR count). The zero-order valence-electron chi connectivity index (χ0n) is 12.4. The molecule has 0 fully saturated rings. The number of benzene rings is 1. The van der Waals surface area contributed by atoms with Crippen LogP contribution in [0.1, 0.15) is 37.0 Å². The molecule has 0 amide bonds. The zero-order valence-corrected chi connectivity index (χ0v) is 12.4. The van der Waals surface area contributed by atoms with E-state index in [9.17, 15) is 0 Å². The van der Waals surface area contributed by atoms with E-state index < -0.39 is 0 Å². The maximum atomic E-state index is 5.37. The average Bonchev–Trinajstić information content (AvgIpc) is 2.27. The third-order valence-corrected chi connectivity index (χ3v) is 3.28. The van der Waals surface area contributed by atoms with E-state index in [1.54, 1.807) is 7.11 Å². The molecule has 0 heterocycles. The van der Waals surface area contributed by atoms with Crippen LogP contribution in [0.5, 0.6) is 0 Å². The summed E-state index contributed by atoms with van der Waals surface area (Å²) in [4.78, 5) is 0. The Morgan fingerprint density at radius 2 is 1.78 bits per heavy atom. The van der Waals surface area contributed by atoms with E-state index in [1.807, 2.05) is 0 Å². The maximum Gasteiger partial charge on any atom is 0.0558 e. The Labute approximate surface area is 112 Å². The summed E-state index contributed by atoms with van der Waals surface area (Å²) < 4.78 is 5.37. The van der Waals surface area contributed by atoms with Crippen LogP contribution in [-0.2, 0) is 11.2 Å². The van der Waals surface area contributed by atoms with Gasteiger partial charge in [0, 0.05) is 13.2 Å². The first-order chi connectivity index (χ1) is 8.55. The molecule has 2 unspecified atom stereocenters. The lowest BCUT2D eigenvalue weighted by Crippen LogP contribution is -2.34. The first kappa shape index (κ1) is 15.2. The van der Waals surface area contributed by atoms with Gasteiger partial charge in [-0.15, -0.1) is 0 Å². The molecule has 102 valence electrons. The summed E-state index contributed by atoms with van der Waals surface area (Å²) >= 11 is 0. The molecule has 0 bridgehead atoms. The van der Waals surface area contributed by atoms with Crippen molar-refractivity contribution in [1.29, 1.82) is 0 Å². The molecule has 0 saturated carbocycles. The van der Waals surface area contributed by atoms with Crippen molar-refractivity contribution in [3.8, 4) is 0 Å². The molecule has 0 aliphatic rings. The molecule has 0 aliphatic carbocycles. The highest BCUT2D eigenvalue weighted by Crippen LogP contribution is 2.13. The van der Waals surface area contributed by atoms with E-state index in [-0.39, 0.29) is 0 Å². The average molecular weight is 249 g/mol. The van der Waals surface area contributed by atoms with Crippen LogP contribution in [0.25, 0.3) is 0 Å². The van der Waals surface area contributed by atoms with E-state index in [2.05, 4.69) is 51.2 Å². The largest absolute Gasteiger partial charge is 0.382 e. The smallest absolute Gasteiger partial charge is 0.0558 e. The standard InChI is InChI=1S/C16H27NO/c1-6-17-16(10-14(4)18-5)11-15-8-12(2)7-13(3)9-15/h7-9,14,16-17H,6,10-11H2,1-5H3. The monoisotopic (exact) mass is 249 g/mol. The van der Waals surface area contributed by atoms with Gasteiger partial charge < -0.3 is 10.1 Å². The van der Waals surface area contributed by atoms with Crippen LogP contribution in [0.3, 0.4) is 0 Å². The quantitative estimate of drug-likeness (QED) is 0.801. The van der Waals surface area contributed by atoms with Gasteiger partial charge in [0.15, 0.2) is 0 Å². The van der Waals surface area contributed by atoms with Crippen LogP contribution in [0, 0.1) is 13.8 Å². The van der Waals surface area contributed by atoms with Crippen LogP contribution < -0.4 is 5.32 Å². The van der Waals surface area contributed by atoms with Crippen molar-refractivity contribution in [2.24, 2.45) is 0 Å². The molecular weight excluding hydrogens is 222 g/mol. The maximum absolute atomic E-state index is 5.37. The summed E-state index contributed by atoms with van der Waals surface area (Å²) in [5.74, 6) is 0. The zero-order chi connectivity index (χ0) is 13.5. The SMILES string of the molecule is CCNC(Cc1cc(C)cc(C)c1)CC(C)OC. The second kappa shape index (κ2) is 7.55. The van der Waals surface area contributed by atoms with Gasteiger partial charge in [-0.3, -0.25) is 0 Å². The van der Waals surface area contributed by atoms with E-state index in [0.29, 0.717) is 12.1 Å². The van der Waals surface area contributed by atoms with Gasteiger partial charge in [-0.1, -0.05) is 36.2 Å². The summed E-state index contributed by atoms with van der Waals surface area (Å²) in [7, 11) is 1.78. The first-order valence-corrected chi connectivity index (χ1v) is 6.88. The molecule has 1 N–H and O–H groups in total. The Balaban J connectivity index is 2.69. The molecule has 2 nitrogen and oxygen atoms in total. The number of nitrogens with one attached hydrogen (secondary N) is 1. The Kier molecular flexibility index (Phi) is 6.37. The van der Waals surface area contributed by atoms with Crippen molar-refractivity contribution >= 4 is 0 Å². The van der Waals surface area contributed by atoms with Crippen molar-refractivity contribution in [2.75, 3.05) is 13.7 Å². The van der Waals surface area contributed by atoms with Gasteiger partial charge in [0.2, 0.25) is 0 Å². The van der Waals surface area contributed by atoms with Crippen LogP contribution in [0.4, 0.5) is 0 Å². The lowest BCUT2D eigenvalue weighted by Gasteiger charge is -2.21. The van der Waals surface area contributed by atoms with Crippen LogP contribution >= 0.6 is 0 Å². The molecule has 1 aromatic carbocycles. The Hall–Kier alpha value is -0.860. The molecule has 0 aromatic heterocycles. The molecular formula is C16H27NO. The minimum absolute atomic E-state index is 0.306.